The van der Waals surface area contributed by atoms with E-state index in [-0.39, 0.29) is 6.04 Å². The summed E-state index contributed by atoms with van der Waals surface area (Å²) in [7, 11) is 6.28. The molecule has 9 nitrogen and oxygen atoms in total. The molecule has 41 heavy (non-hydrogen) atoms. The average molecular weight is 556 g/mol. The van der Waals surface area contributed by atoms with Crippen molar-refractivity contribution in [1.82, 2.24) is 19.4 Å². The second kappa shape index (κ2) is 14.4. The summed E-state index contributed by atoms with van der Waals surface area (Å²) in [6.07, 6.45) is 7.90. The smallest absolute Gasteiger partial charge is 0.177 e. The topological polar surface area (TPSA) is 86.0 Å². The molecule has 0 fully saturated rings. The van der Waals surface area contributed by atoms with Crippen molar-refractivity contribution in [3.05, 3.63) is 78.6 Å². The number of fused-ring (bicyclic) bond motifs is 1. The third kappa shape index (κ3) is 7.91. The zero-order chi connectivity index (χ0) is 30.1. The van der Waals surface area contributed by atoms with E-state index in [0.29, 0.717) is 6.67 Å². The van der Waals surface area contributed by atoms with Crippen LogP contribution in [0.1, 0.15) is 43.8 Å². The van der Waals surface area contributed by atoms with Gasteiger partial charge in [-0.2, -0.15) is 0 Å². The van der Waals surface area contributed by atoms with Crippen LogP contribution in [0.15, 0.2) is 71.6 Å². The summed E-state index contributed by atoms with van der Waals surface area (Å²) in [5.74, 6) is 0.939. The maximum Gasteiger partial charge on any atom is 0.177 e. The number of pyridine rings is 1. The van der Waals surface area contributed by atoms with Gasteiger partial charge >= 0.3 is 0 Å². The lowest BCUT2D eigenvalue weighted by Crippen LogP contribution is -2.29. The number of aromatic nitrogens is 3. The lowest BCUT2D eigenvalue weighted by molar-refractivity contribution is 0.416. The number of aryl methyl sites for hydroxylation is 2. The molecule has 3 rings (SSSR count). The minimum absolute atomic E-state index is 0.266. The van der Waals surface area contributed by atoms with Gasteiger partial charge < -0.3 is 25.0 Å². The maximum absolute atomic E-state index is 4.89. The van der Waals surface area contributed by atoms with Gasteiger partial charge in [0.05, 0.1) is 22.6 Å². The van der Waals surface area contributed by atoms with E-state index in [9.17, 15) is 0 Å². The van der Waals surface area contributed by atoms with E-state index in [1.54, 1.807) is 12.3 Å². The summed E-state index contributed by atoms with van der Waals surface area (Å²) < 4.78 is 2.19. The molecule has 0 aliphatic rings. The highest BCUT2D eigenvalue weighted by Crippen LogP contribution is 2.33. The molecule has 0 radical (unpaired) electrons. The fourth-order valence-electron chi connectivity index (χ4n) is 4.66. The highest BCUT2D eigenvalue weighted by Gasteiger charge is 2.15. The van der Waals surface area contributed by atoms with E-state index >= 15 is 0 Å². The lowest BCUT2D eigenvalue weighted by Gasteiger charge is -2.26. The number of likely N-dealkylation sites (N-methyl/N-ethyl adjacent to an activating group) is 2. The first-order valence-electron chi connectivity index (χ1n) is 14.0. The van der Waals surface area contributed by atoms with Gasteiger partial charge in [-0.25, -0.2) is 9.97 Å². The molecule has 0 bridgehead atoms. The number of benzene rings is 1. The third-order valence-corrected chi connectivity index (χ3v) is 6.83. The lowest BCUT2D eigenvalue weighted by atomic mass is 10.1. The first kappa shape index (κ1) is 31.3. The molecule has 2 heterocycles. The van der Waals surface area contributed by atoms with E-state index in [2.05, 4.69) is 120 Å². The quantitative estimate of drug-likeness (QED) is 0.175. The summed E-state index contributed by atoms with van der Waals surface area (Å²) in [5, 5.41) is 6.95. The van der Waals surface area contributed by atoms with Gasteiger partial charge in [0.1, 0.15) is 12.5 Å². The number of anilines is 3. The van der Waals surface area contributed by atoms with Gasteiger partial charge in [0.15, 0.2) is 5.65 Å². The minimum Gasteiger partial charge on any atom is -0.372 e. The number of rotatable bonds is 15. The predicted molar refractivity (Wildman–Crippen MR) is 177 cm³/mol. The normalized spacial score (nSPS) is 12.0. The van der Waals surface area contributed by atoms with Crippen LogP contribution in [0, 0.1) is 6.92 Å². The Balaban J connectivity index is 1.96. The van der Waals surface area contributed by atoms with Gasteiger partial charge in [-0.05, 0) is 83.9 Å². The second-order valence-electron chi connectivity index (χ2n) is 10.5. The molecule has 9 heteroatoms. The summed E-state index contributed by atoms with van der Waals surface area (Å²) >= 11 is 0. The Hall–Kier alpha value is -4.24. The number of aliphatic imine (C=N–C) groups is 2. The molecular formula is C32H45N9. The van der Waals surface area contributed by atoms with Crippen molar-refractivity contribution < 1.29 is 0 Å². The molecule has 0 saturated carbocycles. The van der Waals surface area contributed by atoms with Crippen LogP contribution in [0.4, 0.5) is 17.1 Å². The molecule has 218 valence electrons. The van der Waals surface area contributed by atoms with Crippen molar-refractivity contribution in [3.8, 4) is 0 Å². The summed E-state index contributed by atoms with van der Waals surface area (Å²) in [4.78, 5) is 22.5. The van der Waals surface area contributed by atoms with Gasteiger partial charge in [-0.15, -0.1) is 0 Å². The van der Waals surface area contributed by atoms with Crippen molar-refractivity contribution >= 4 is 40.7 Å². The summed E-state index contributed by atoms with van der Waals surface area (Å²) in [5.41, 5.74) is 8.37. The minimum atomic E-state index is 0.266. The van der Waals surface area contributed by atoms with Gasteiger partial charge in [-0.1, -0.05) is 20.1 Å². The Morgan fingerprint density at radius 2 is 1.90 bits per heavy atom. The van der Waals surface area contributed by atoms with Crippen LogP contribution in [0.2, 0.25) is 0 Å². The molecule has 3 aromatic rings. The van der Waals surface area contributed by atoms with Crippen molar-refractivity contribution in [3.63, 3.8) is 0 Å². The molecule has 2 aromatic heterocycles. The van der Waals surface area contributed by atoms with Crippen LogP contribution in [0.3, 0.4) is 0 Å². The third-order valence-electron chi connectivity index (χ3n) is 6.83. The van der Waals surface area contributed by atoms with E-state index in [0.717, 1.165) is 70.5 Å². The van der Waals surface area contributed by atoms with Crippen LogP contribution < -0.4 is 15.5 Å². The molecule has 0 amide bonds. The molecule has 2 N–H and O–H groups in total. The Bertz CT molecular complexity index is 1440. The monoisotopic (exact) mass is 555 g/mol. The first-order chi connectivity index (χ1) is 19.6. The van der Waals surface area contributed by atoms with E-state index < -0.39 is 0 Å². The van der Waals surface area contributed by atoms with Crippen molar-refractivity contribution in [1.29, 1.82) is 0 Å². The van der Waals surface area contributed by atoms with Gasteiger partial charge in [-0.3, -0.25) is 9.98 Å². The second-order valence-corrected chi connectivity index (χ2v) is 10.5. The SMILES string of the molecule is C=CC(=C)Nc1cc(NCN=C(/C=C\N=C)c2cnc3nc(C)n(C(C)C)c3c2)c(CC)cc1N(C)CCN(C)C. The van der Waals surface area contributed by atoms with Crippen molar-refractivity contribution in [2.24, 2.45) is 9.98 Å². The van der Waals surface area contributed by atoms with Gasteiger partial charge in [0, 0.05) is 55.5 Å². The molecular weight excluding hydrogens is 510 g/mol. The number of allylic oxidation sites excluding steroid dienone is 2. The Labute approximate surface area is 245 Å². The molecule has 1 aromatic carbocycles. The fraction of sp³-hybridized carbons (Fsp3) is 0.375. The Morgan fingerprint density at radius 1 is 1.15 bits per heavy atom. The molecule has 0 spiro atoms. The zero-order valence-corrected chi connectivity index (χ0v) is 25.7. The largest absolute Gasteiger partial charge is 0.372 e. The predicted octanol–water partition coefficient (Wildman–Crippen LogP) is 6.07. The highest BCUT2D eigenvalue weighted by molar-refractivity contribution is 6.09. The van der Waals surface area contributed by atoms with E-state index in [1.165, 1.54) is 5.56 Å². The highest BCUT2D eigenvalue weighted by atomic mass is 15.2. The van der Waals surface area contributed by atoms with Crippen molar-refractivity contribution in [2.45, 2.75) is 40.2 Å². The van der Waals surface area contributed by atoms with E-state index in [1.807, 2.05) is 19.2 Å². The zero-order valence-electron chi connectivity index (χ0n) is 25.7. The van der Waals surface area contributed by atoms with Crippen LogP contribution >= 0.6 is 0 Å². The summed E-state index contributed by atoms with van der Waals surface area (Å²) in [6, 6.07) is 6.72. The van der Waals surface area contributed by atoms with Crippen LogP contribution in [0.25, 0.3) is 11.2 Å². The van der Waals surface area contributed by atoms with E-state index in [4.69, 9.17) is 4.99 Å². The summed E-state index contributed by atoms with van der Waals surface area (Å²) in [6.45, 7) is 22.2. The van der Waals surface area contributed by atoms with Crippen molar-refractivity contribution in [2.75, 3.05) is 56.4 Å². The fourth-order valence-corrected chi connectivity index (χ4v) is 4.66. The number of imidazole rings is 1. The van der Waals surface area contributed by atoms with Gasteiger partial charge in [0.25, 0.3) is 0 Å². The molecule has 0 unspecified atom stereocenters. The number of nitrogens with one attached hydrogen (secondary N) is 2. The van der Waals surface area contributed by atoms with Crippen LogP contribution in [0.5, 0.6) is 0 Å². The number of nitrogens with zero attached hydrogens (tertiary/aromatic N) is 7. The van der Waals surface area contributed by atoms with Crippen LogP contribution in [-0.4, -0.2) is 72.8 Å². The van der Waals surface area contributed by atoms with Gasteiger partial charge in [0.2, 0.25) is 0 Å². The molecule has 0 aliphatic carbocycles. The first-order valence-corrected chi connectivity index (χ1v) is 14.0. The number of hydrogen-bond acceptors (Lipinski definition) is 8. The van der Waals surface area contributed by atoms with Crippen LogP contribution in [-0.2, 0) is 6.42 Å². The number of hydrogen-bond donors (Lipinski definition) is 2. The maximum atomic E-state index is 4.89. The average Bonchev–Trinajstić information content (AvgIpc) is 3.28. The standard InChI is InChI=1S/C32H45N9/c1-11-23(5)37-29-19-28(25(12-2)17-30(29)40(10)16-15-39(8)9)36-21-35-27(13-14-33-7)26-18-31-32(34-20-26)38-24(6)41(31)22(3)4/h11,13-14,17-20,22,36-37H,1,5,7,12,15-16,21H2,2-4,6,8-10H3/b14-13-,35-27?. The Morgan fingerprint density at radius 3 is 2.54 bits per heavy atom. The molecule has 0 saturated heterocycles. The Kier molecular flexibility index (Phi) is 11.0. The molecule has 0 atom stereocenters. The molecule has 0 aliphatic heterocycles.